The summed E-state index contributed by atoms with van der Waals surface area (Å²) in [5, 5.41) is 16.4. The number of aromatic nitrogens is 1. The zero-order valence-corrected chi connectivity index (χ0v) is 14.8. The average Bonchev–Trinajstić information content (AvgIpc) is 2.62. The Morgan fingerprint density at radius 3 is 1.56 bits per heavy atom. The zero-order chi connectivity index (χ0) is 17.6. The minimum atomic E-state index is 0.0989. The first-order chi connectivity index (χ1) is 12.0. The third-order valence-electron chi connectivity index (χ3n) is 4.81. The van der Waals surface area contributed by atoms with Crippen LogP contribution < -0.4 is 9.67 Å². The molecule has 2 heteroatoms. The van der Waals surface area contributed by atoms with Crippen molar-refractivity contribution in [1.29, 1.82) is 0 Å². The highest BCUT2D eigenvalue weighted by atomic mass is 16.3. The van der Waals surface area contributed by atoms with Crippen LogP contribution in [0, 0.1) is 0 Å². The molecule has 0 aliphatic heterocycles. The summed E-state index contributed by atoms with van der Waals surface area (Å²) in [7, 11) is 0. The first-order valence-corrected chi connectivity index (χ1v) is 8.59. The van der Waals surface area contributed by atoms with Gasteiger partial charge in [-0.15, -0.1) is 0 Å². The number of fused-ring (bicyclic) bond motifs is 2. The molecule has 1 heterocycles. The number of hydrogen-bond donors (Lipinski definition) is 0. The van der Waals surface area contributed by atoms with Crippen molar-refractivity contribution in [2.45, 2.75) is 26.2 Å². The smallest absolute Gasteiger partial charge is 0.226 e. The molecular formula is C23H21NO. The van der Waals surface area contributed by atoms with E-state index < -0.39 is 0 Å². The van der Waals surface area contributed by atoms with Gasteiger partial charge in [0.2, 0.25) is 5.69 Å². The van der Waals surface area contributed by atoms with E-state index in [-0.39, 0.29) is 11.2 Å². The zero-order valence-electron chi connectivity index (χ0n) is 14.8. The van der Waals surface area contributed by atoms with E-state index in [9.17, 15) is 5.11 Å². The highest BCUT2D eigenvalue weighted by Gasteiger charge is 2.19. The molecule has 0 fully saturated rings. The van der Waals surface area contributed by atoms with Crippen molar-refractivity contribution in [2.75, 3.05) is 0 Å². The summed E-state index contributed by atoms with van der Waals surface area (Å²) >= 11 is 0. The Labute approximate surface area is 148 Å². The van der Waals surface area contributed by atoms with Gasteiger partial charge < -0.3 is 5.11 Å². The molecule has 0 saturated carbocycles. The quantitative estimate of drug-likeness (QED) is 0.369. The lowest BCUT2D eigenvalue weighted by molar-refractivity contribution is -0.592. The van der Waals surface area contributed by atoms with Crippen LogP contribution in [-0.2, 0) is 5.41 Å². The number of rotatable bonds is 1. The lowest BCUT2D eigenvalue weighted by Gasteiger charge is -2.19. The summed E-state index contributed by atoms with van der Waals surface area (Å²) in [6.45, 7) is 6.64. The summed E-state index contributed by atoms with van der Waals surface area (Å²) in [4.78, 5) is 0. The Morgan fingerprint density at radius 2 is 1.12 bits per heavy atom. The van der Waals surface area contributed by atoms with Gasteiger partial charge in [0.1, 0.15) is 0 Å². The van der Waals surface area contributed by atoms with Gasteiger partial charge >= 0.3 is 0 Å². The van der Waals surface area contributed by atoms with Crippen molar-refractivity contribution in [2.24, 2.45) is 0 Å². The second kappa shape index (κ2) is 5.59. The molecule has 0 aliphatic rings. The molecule has 4 rings (SSSR count). The maximum absolute atomic E-state index is 12.8. The molecule has 0 bridgehead atoms. The number of hydrogen-bond acceptors (Lipinski definition) is 1. The molecule has 1 aromatic heterocycles. The normalized spacial score (nSPS) is 12.0. The predicted octanol–water partition coefficient (Wildman–Crippen LogP) is 4.64. The number of nitrogens with zero attached hydrogens (tertiary/aromatic N) is 1. The summed E-state index contributed by atoms with van der Waals surface area (Å²) in [5.74, 6) is 0.0989. The molecule has 0 N–H and O–H groups in total. The van der Waals surface area contributed by atoms with Crippen molar-refractivity contribution in [3.8, 4) is 11.4 Å². The third kappa shape index (κ3) is 2.54. The second-order valence-electron chi connectivity index (χ2n) is 7.51. The van der Waals surface area contributed by atoms with E-state index >= 15 is 0 Å². The fourth-order valence-electron chi connectivity index (χ4n) is 3.42. The lowest BCUT2D eigenvalue weighted by atomic mass is 9.88. The fraction of sp³-hybridized carbons (Fsp3) is 0.174. The van der Waals surface area contributed by atoms with Crippen LogP contribution in [0.3, 0.4) is 0 Å². The van der Waals surface area contributed by atoms with Crippen molar-refractivity contribution in [3.63, 3.8) is 0 Å². The standard InChI is InChI=1S/C23H21NO/c1-23(2,3)16-12-14-24(15-13-16)21-17-8-4-6-10-19(17)22(25)20-11-7-5-9-18(20)21/h4-15H,1-3H3. The lowest BCUT2D eigenvalue weighted by Crippen LogP contribution is -2.31. The molecular weight excluding hydrogens is 306 g/mol. The van der Waals surface area contributed by atoms with Crippen LogP contribution in [0.15, 0.2) is 73.1 Å². The van der Waals surface area contributed by atoms with Gasteiger partial charge in [-0.25, -0.2) is 0 Å². The van der Waals surface area contributed by atoms with Crippen LogP contribution in [0.2, 0.25) is 0 Å². The topological polar surface area (TPSA) is 26.9 Å². The van der Waals surface area contributed by atoms with Gasteiger partial charge in [-0.3, -0.25) is 0 Å². The second-order valence-corrected chi connectivity index (χ2v) is 7.51. The molecule has 2 nitrogen and oxygen atoms in total. The Hall–Kier alpha value is -2.87. The predicted molar refractivity (Wildman–Crippen MR) is 101 cm³/mol. The van der Waals surface area contributed by atoms with E-state index in [1.165, 1.54) is 5.56 Å². The highest BCUT2D eigenvalue weighted by molar-refractivity contribution is 6.10. The van der Waals surface area contributed by atoms with Crippen molar-refractivity contribution in [3.05, 3.63) is 78.6 Å². The van der Waals surface area contributed by atoms with Gasteiger partial charge in [0.25, 0.3) is 0 Å². The van der Waals surface area contributed by atoms with Gasteiger partial charge in [-0.05, 0) is 33.9 Å². The van der Waals surface area contributed by atoms with Crippen LogP contribution in [0.1, 0.15) is 26.3 Å². The molecule has 124 valence electrons. The van der Waals surface area contributed by atoms with Gasteiger partial charge in [0.15, 0.2) is 12.4 Å². The van der Waals surface area contributed by atoms with Gasteiger partial charge in [0.05, 0.1) is 10.8 Å². The molecule has 0 spiro atoms. The van der Waals surface area contributed by atoms with Crippen molar-refractivity contribution >= 4 is 21.5 Å². The van der Waals surface area contributed by atoms with Crippen LogP contribution in [0.4, 0.5) is 0 Å². The Bertz CT molecular complexity index is 1020. The van der Waals surface area contributed by atoms with E-state index in [4.69, 9.17) is 0 Å². The van der Waals surface area contributed by atoms with Gasteiger partial charge in [0, 0.05) is 12.1 Å². The number of pyridine rings is 1. The summed E-state index contributed by atoms with van der Waals surface area (Å²) in [6.07, 6.45) is 4.19. The molecule has 0 aliphatic carbocycles. The number of benzene rings is 3. The summed E-state index contributed by atoms with van der Waals surface area (Å²) < 4.78 is 2.12. The van der Waals surface area contributed by atoms with E-state index in [1.807, 2.05) is 48.5 Å². The van der Waals surface area contributed by atoms with Crippen LogP contribution in [0.5, 0.6) is 5.75 Å². The average molecular weight is 327 g/mol. The van der Waals surface area contributed by atoms with Crippen molar-refractivity contribution in [1.82, 2.24) is 0 Å². The molecule has 4 aromatic rings. The van der Waals surface area contributed by atoms with Crippen LogP contribution in [-0.4, -0.2) is 0 Å². The van der Waals surface area contributed by atoms with Gasteiger partial charge in [-0.2, -0.15) is 4.57 Å². The molecule has 3 aromatic carbocycles. The van der Waals surface area contributed by atoms with Crippen molar-refractivity contribution < 1.29 is 9.67 Å². The molecule has 0 atom stereocenters. The first-order valence-electron chi connectivity index (χ1n) is 8.59. The maximum Gasteiger partial charge on any atom is 0.226 e. The molecule has 25 heavy (non-hydrogen) atoms. The van der Waals surface area contributed by atoms with Gasteiger partial charge in [-0.1, -0.05) is 62.9 Å². The molecule has 0 saturated heterocycles. The molecule has 0 amide bonds. The largest absolute Gasteiger partial charge is 0.872 e. The molecule has 0 unspecified atom stereocenters. The maximum atomic E-state index is 12.8. The van der Waals surface area contributed by atoms with E-state index in [0.29, 0.717) is 0 Å². The van der Waals surface area contributed by atoms with Crippen LogP contribution >= 0.6 is 0 Å². The minimum absolute atomic E-state index is 0.0989. The monoisotopic (exact) mass is 327 g/mol. The highest BCUT2D eigenvalue weighted by Crippen LogP contribution is 2.35. The van der Waals surface area contributed by atoms with Crippen LogP contribution in [0.25, 0.3) is 27.2 Å². The summed E-state index contributed by atoms with van der Waals surface area (Å²) in [5.41, 5.74) is 2.46. The van der Waals surface area contributed by atoms with E-state index in [1.54, 1.807) is 0 Å². The SMILES string of the molecule is CC(C)(C)c1cc[n+](-c2c3ccccc3c([O-])c3ccccc23)cc1. The summed E-state index contributed by atoms with van der Waals surface area (Å²) in [6, 6.07) is 20.0. The Kier molecular flexibility index (Phi) is 3.50. The first kappa shape index (κ1) is 15.6. The molecule has 0 radical (unpaired) electrons. The fourth-order valence-corrected chi connectivity index (χ4v) is 3.42. The Morgan fingerprint density at radius 1 is 0.680 bits per heavy atom. The minimum Gasteiger partial charge on any atom is -0.872 e. The Balaban J connectivity index is 2.07. The van der Waals surface area contributed by atoms with E-state index in [0.717, 1.165) is 27.2 Å². The van der Waals surface area contributed by atoms with E-state index in [2.05, 4.69) is 49.9 Å². The third-order valence-corrected chi connectivity index (χ3v) is 4.81.